The molecule has 21 heavy (non-hydrogen) atoms. The van der Waals surface area contributed by atoms with Crippen LogP contribution in [0.15, 0.2) is 44.2 Å². The van der Waals surface area contributed by atoms with Gasteiger partial charge in [-0.15, -0.1) is 11.3 Å². The van der Waals surface area contributed by atoms with Gasteiger partial charge >= 0.3 is 11.7 Å². The lowest BCUT2D eigenvalue weighted by atomic mass is 10.3. The molecule has 0 saturated heterocycles. The van der Waals surface area contributed by atoms with Gasteiger partial charge in [-0.25, -0.2) is 9.78 Å². The highest BCUT2D eigenvalue weighted by molar-refractivity contribution is 7.99. The Morgan fingerprint density at radius 1 is 1.38 bits per heavy atom. The molecule has 0 fully saturated rings. The van der Waals surface area contributed by atoms with E-state index in [0.717, 1.165) is 16.5 Å². The van der Waals surface area contributed by atoms with Crippen LogP contribution < -0.4 is 0 Å². The van der Waals surface area contributed by atoms with Gasteiger partial charge in [0, 0.05) is 0 Å². The van der Waals surface area contributed by atoms with Crippen LogP contribution in [-0.2, 0) is 0 Å². The number of hydrogen-bond acceptors (Lipinski definition) is 7. The SMILES string of the molecule is O=C(O)c1ccc(Sc2ccc3scnc3c2[N+](=O)[O-])o1. The highest BCUT2D eigenvalue weighted by atomic mass is 32.2. The second kappa shape index (κ2) is 5.19. The zero-order valence-electron chi connectivity index (χ0n) is 10.2. The summed E-state index contributed by atoms with van der Waals surface area (Å²) in [4.78, 5) is 25.9. The molecule has 3 rings (SSSR count). The van der Waals surface area contributed by atoms with E-state index in [-0.39, 0.29) is 16.5 Å². The third-order valence-corrected chi connectivity index (χ3v) is 4.39. The van der Waals surface area contributed by atoms with Crippen molar-refractivity contribution in [2.45, 2.75) is 9.99 Å². The molecule has 9 heteroatoms. The lowest BCUT2D eigenvalue weighted by molar-refractivity contribution is -0.386. The van der Waals surface area contributed by atoms with Gasteiger partial charge in [-0.05, 0) is 36.0 Å². The molecule has 0 aliphatic carbocycles. The minimum atomic E-state index is -1.19. The molecule has 0 atom stereocenters. The van der Waals surface area contributed by atoms with Crippen molar-refractivity contribution in [1.82, 2.24) is 4.98 Å². The van der Waals surface area contributed by atoms with Gasteiger partial charge in [-0.1, -0.05) is 0 Å². The van der Waals surface area contributed by atoms with Crippen molar-refractivity contribution in [2.24, 2.45) is 0 Å². The number of furan rings is 1. The highest BCUT2D eigenvalue weighted by Crippen LogP contribution is 2.40. The van der Waals surface area contributed by atoms with Gasteiger partial charge in [0.25, 0.3) is 0 Å². The predicted octanol–water partition coefficient (Wildman–Crippen LogP) is 3.65. The molecule has 1 N–H and O–H groups in total. The Labute approximate surface area is 125 Å². The topological polar surface area (TPSA) is 106 Å². The van der Waals surface area contributed by atoms with Crippen LogP contribution in [0.4, 0.5) is 5.69 Å². The predicted molar refractivity (Wildman–Crippen MR) is 76.1 cm³/mol. The number of nitro benzene ring substituents is 1. The summed E-state index contributed by atoms with van der Waals surface area (Å²) in [6.45, 7) is 0. The standard InChI is InChI=1S/C12H6N2O5S2/c15-12(16)6-1-4-9(19-6)21-8-3-2-7-10(13-5-20-7)11(8)14(17)18/h1-5H,(H,15,16). The lowest BCUT2D eigenvalue weighted by Gasteiger charge is -2.01. The smallest absolute Gasteiger partial charge is 0.371 e. The largest absolute Gasteiger partial charge is 0.475 e. The number of nitro groups is 1. The number of aromatic carboxylic acids is 1. The normalized spacial score (nSPS) is 10.9. The summed E-state index contributed by atoms with van der Waals surface area (Å²) in [6, 6.07) is 6.11. The molecule has 0 spiro atoms. The van der Waals surface area contributed by atoms with Crippen LogP contribution in [0.1, 0.15) is 10.6 Å². The van der Waals surface area contributed by atoms with Gasteiger partial charge in [0.15, 0.2) is 10.6 Å². The fourth-order valence-electron chi connectivity index (χ4n) is 1.76. The Kier molecular flexibility index (Phi) is 3.35. The Bertz CT molecular complexity index is 854. The molecule has 0 bridgehead atoms. The van der Waals surface area contributed by atoms with Crippen molar-refractivity contribution in [3.8, 4) is 0 Å². The molecule has 0 amide bonds. The van der Waals surface area contributed by atoms with Crippen LogP contribution in [-0.4, -0.2) is 21.0 Å². The average Bonchev–Trinajstić information content (AvgIpc) is 3.06. The first-order chi connectivity index (χ1) is 10.1. The number of carbonyl (C=O) groups is 1. The first-order valence-corrected chi connectivity index (χ1v) is 7.27. The molecular formula is C12H6N2O5S2. The average molecular weight is 322 g/mol. The summed E-state index contributed by atoms with van der Waals surface area (Å²) in [5.41, 5.74) is 1.76. The quantitative estimate of drug-likeness (QED) is 0.577. The number of fused-ring (bicyclic) bond motifs is 1. The van der Waals surface area contributed by atoms with Crippen LogP contribution in [0.25, 0.3) is 10.2 Å². The molecule has 0 aliphatic rings. The number of carboxylic acids is 1. The van der Waals surface area contributed by atoms with Gasteiger partial charge < -0.3 is 9.52 Å². The summed E-state index contributed by atoms with van der Waals surface area (Å²) >= 11 is 2.31. The van der Waals surface area contributed by atoms with E-state index in [1.807, 2.05) is 0 Å². The van der Waals surface area contributed by atoms with Crippen LogP contribution in [0.2, 0.25) is 0 Å². The molecule has 3 aromatic rings. The Morgan fingerprint density at radius 2 is 2.19 bits per heavy atom. The third kappa shape index (κ3) is 2.48. The summed E-state index contributed by atoms with van der Waals surface area (Å²) < 4.78 is 5.82. The molecule has 2 heterocycles. The summed E-state index contributed by atoms with van der Waals surface area (Å²) in [5, 5.41) is 20.3. The van der Waals surface area contributed by atoms with Gasteiger partial charge in [0.05, 0.1) is 20.0 Å². The molecule has 7 nitrogen and oxygen atoms in total. The van der Waals surface area contributed by atoms with E-state index in [9.17, 15) is 14.9 Å². The zero-order valence-corrected chi connectivity index (χ0v) is 11.8. The van der Waals surface area contributed by atoms with Gasteiger partial charge in [-0.2, -0.15) is 0 Å². The van der Waals surface area contributed by atoms with E-state index in [1.165, 1.54) is 23.5 Å². The van der Waals surface area contributed by atoms with Gasteiger partial charge in [0.2, 0.25) is 5.76 Å². The van der Waals surface area contributed by atoms with Crippen molar-refractivity contribution in [2.75, 3.05) is 0 Å². The zero-order chi connectivity index (χ0) is 15.0. The Balaban J connectivity index is 2.04. The molecule has 1 aromatic carbocycles. The van der Waals surface area contributed by atoms with E-state index in [1.54, 1.807) is 17.6 Å². The van der Waals surface area contributed by atoms with Crippen LogP contribution in [0.5, 0.6) is 0 Å². The molecule has 0 aliphatic heterocycles. The molecule has 0 radical (unpaired) electrons. The fraction of sp³-hybridized carbons (Fsp3) is 0. The van der Waals surface area contributed by atoms with Crippen LogP contribution >= 0.6 is 23.1 Å². The first kappa shape index (κ1) is 13.6. The van der Waals surface area contributed by atoms with Gasteiger partial charge in [0.1, 0.15) is 0 Å². The number of rotatable bonds is 4. The minimum Gasteiger partial charge on any atom is -0.475 e. The van der Waals surface area contributed by atoms with E-state index in [0.29, 0.717) is 10.4 Å². The van der Waals surface area contributed by atoms with E-state index >= 15 is 0 Å². The lowest BCUT2D eigenvalue weighted by Crippen LogP contribution is -1.92. The first-order valence-electron chi connectivity index (χ1n) is 5.58. The Morgan fingerprint density at radius 3 is 2.86 bits per heavy atom. The molecule has 0 unspecified atom stereocenters. The maximum absolute atomic E-state index is 11.3. The van der Waals surface area contributed by atoms with Crippen molar-refractivity contribution in [1.29, 1.82) is 0 Å². The van der Waals surface area contributed by atoms with Crippen molar-refractivity contribution in [3.05, 3.63) is 45.7 Å². The highest BCUT2D eigenvalue weighted by Gasteiger charge is 2.22. The Hall–Kier alpha value is -2.39. The number of hydrogen-bond donors (Lipinski definition) is 1. The maximum Gasteiger partial charge on any atom is 0.371 e. The monoisotopic (exact) mass is 322 g/mol. The number of benzene rings is 1. The second-order valence-electron chi connectivity index (χ2n) is 3.89. The van der Waals surface area contributed by atoms with Crippen molar-refractivity contribution < 1.29 is 19.2 Å². The number of aromatic nitrogens is 1. The van der Waals surface area contributed by atoms with Crippen molar-refractivity contribution >= 4 is 45.0 Å². The number of thiazole rings is 1. The maximum atomic E-state index is 11.3. The fourth-order valence-corrected chi connectivity index (χ4v) is 3.32. The van der Waals surface area contributed by atoms with E-state index < -0.39 is 10.9 Å². The van der Waals surface area contributed by atoms with E-state index in [4.69, 9.17) is 9.52 Å². The summed E-state index contributed by atoms with van der Waals surface area (Å²) in [5.74, 6) is -1.40. The summed E-state index contributed by atoms with van der Waals surface area (Å²) in [7, 11) is 0. The summed E-state index contributed by atoms with van der Waals surface area (Å²) in [6.07, 6.45) is 0. The molecular weight excluding hydrogens is 316 g/mol. The third-order valence-electron chi connectivity index (χ3n) is 2.62. The molecule has 106 valence electrons. The molecule has 2 aromatic heterocycles. The van der Waals surface area contributed by atoms with E-state index in [2.05, 4.69) is 4.98 Å². The van der Waals surface area contributed by atoms with Crippen molar-refractivity contribution in [3.63, 3.8) is 0 Å². The second-order valence-corrected chi connectivity index (χ2v) is 5.83. The van der Waals surface area contributed by atoms with Gasteiger partial charge in [-0.3, -0.25) is 10.1 Å². The number of carboxylic acid groups (broad SMARTS) is 1. The molecule has 0 saturated carbocycles. The number of nitrogens with zero attached hydrogens (tertiary/aromatic N) is 2. The van der Waals surface area contributed by atoms with Crippen LogP contribution in [0, 0.1) is 10.1 Å². The minimum absolute atomic E-state index is 0.105. The van der Waals surface area contributed by atoms with Crippen LogP contribution in [0.3, 0.4) is 0 Å².